The molecule has 250 valence electrons. The van der Waals surface area contributed by atoms with Crippen LogP contribution in [0.15, 0.2) is 34.9 Å². The molecule has 46 heavy (non-hydrogen) atoms. The van der Waals surface area contributed by atoms with Crippen LogP contribution >= 0.6 is 11.3 Å². The van der Waals surface area contributed by atoms with Gasteiger partial charge in [0.1, 0.15) is 23.6 Å². The number of hydroxylamine groups is 2. The highest BCUT2D eigenvalue weighted by Gasteiger charge is 2.57. The summed E-state index contributed by atoms with van der Waals surface area (Å²) in [6.45, 7) is 5.76. The first-order chi connectivity index (χ1) is 21.5. The Kier molecular flexibility index (Phi) is 10.3. The normalized spacial score (nSPS) is 17.9. The van der Waals surface area contributed by atoms with Gasteiger partial charge in [0.25, 0.3) is 12.0 Å². The van der Waals surface area contributed by atoms with E-state index in [4.69, 9.17) is 25.6 Å². The van der Waals surface area contributed by atoms with Gasteiger partial charge in [0, 0.05) is 24.3 Å². The maximum absolute atomic E-state index is 13.3. The van der Waals surface area contributed by atoms with E-state index >= 15 is 0 Å². The van der Waals surface area contributed by atoms with Gasteiger partial charge in [0.05, 0.1) is 23.9 Å². The fraction of sp³-hybridized carbons (Fsp3) is 0.481. The number of aliphatic carboxylic acids is 1. The number of carboxylic acids is 1. The summed E-state index contributed by atoms with van der Waals surface area (Å²) in [5.74, 6) is -3.46. The predicted molar refractivity (Wildman–Crippen MR) is 164 cm³/mol. The first-order valence-corrected chi connectivity index (χ1v) is 16.3. The zero-order valence-electron chi connectivity index (χ0n) is 25.5. The molecule has 1 fully saturated rings. The van der Waals surface area contributed by atoms with Crippen molar-refractivity contribution in [2.75, 3.05) is 18.9 Å². The highest BCUT2D eigenvalue weighted by atomic mass is 32.3. The number of hydrogen-bond donors (Lipinski definition) is 4. The smallest absolute Gasteiger partial charge is 0.418 e. The van der Waals surface area contributed by atoms with Crippen LogP contribution in [0.3, 0.4) is 0 Å². The number of rotatable bonds is 16. The van der Waals surface area contributed by atoms with E-state index < -0.39 is 64.4 Å². The molecular formula is C27H36N7O10S2+. The van der Waals surface area contributed by atoms with Crippen LogP contribution in [0.5, 0.6) is 5.75 Å². The van der Waals surface area contributed by atoms with Gasteiger partial charge in [-0.2, -0.15) is 18.2 Å². The van der Waals surface area contributed by atoms with Gasteiger partial charge in [-0.3, -0.25) is 14.1 Å². The zero-order chi connectivity index (χ0) is 34.0. The van der Waals surface area contributed by atoms with E-state index in [0.717, 1.165) is 35.2 Å². The number of ketones is 1. The number of Topliss-reactive ketones (excluding diaryl/α,β-unsaturated/α-hetero) is 1. The summed E-state index contributed by atoms with van der Waals surface area (Å²) in [5.41, 5.74) is 10.8. The van der Waals surface area contributed by atoms with Gasteiger partial charge in [-0.25, -0.2) is 9.78 Å². The highest BCUT2D eigenvalue weighted by Crippen LogP contribution is 2.40. The second kappa shape index (κ2) is 13.7. The van der Waals surface area contributed by atoms with E-state index in [0.29, 0.717) is 23.3 Å². The number of oxime groups is 1. The van der Waals surface area contributed by atoms with Crippen molar-refractivity contribution in [1.82, 2.24) is 14.7 Å². The van der Waals surface area contributed by atoms with Crippen molar-refractivity contribution in [2.45, 2.75) is 51.8 Å². The average molecular weight is 683 g/mol. The maximum atomic E-state index is 13.3. The summed E-state index contributed by atoms with van der Waals surface area (Å²) < 4.78 is 45.3. The number of ether oxygens (including phenoxy) is 1. The number of amides is 1. The lowest BCUT2D eigenvalue weighted by atomic mass is 9.74. The minimum Gasteiger partial charge on any atom is -0.489 e. The third-order valence-electron chi connectivity index (χ3n) is 7.79. The molecule has 17 nitrogen and oxygen atoms in total. The quantitative estimate of drug-likeness (QED) is 0.0534. The summed E-state index contributed by atoms with van der Waals surface area (Å²) >= 11 is 0.991. The van der Waals surface area contributed by atoms with Crippen LogP contribution in [0, 0.1) is 11.8 Å². The molecule has 19 heteroatoms. The molecule has 4 rings (SSSR count). The molecule has 1 amide bonds. The molecule has 0 radical (unpaired) electrons. The molecule has 1 aliphatic rings. The summed E-state index contributed by atoms with van der Waals surface area (Å²) in [7, 11) is -3.06. The highest BCUT2D eigenvalue weighted by molar-refractivity contribution is 7.80. The van der Waals surface area contributed by atoms with Crippen LogP contribution in [-0.2, 0) is 47.5 Å². The molecule has 0 spiro atoms. The van der Waals surface area contributed by atoms with Crippen LogP contribution in [-0.4, -0.2) is 81.0 Å². The molecule has 0 bridgehead atoms. The second-order valence-corrected chi connectivity index (χ2v) is 13.1. The topological polar surface area (TPSA) is 243 Å². The molecule has 1 saturated heterocycles. The number of nitrogen functional groups attached to an aromatic ring is 1. The number of carboxylic acid groups (broad SMARTS) is 1. The molecule has 3 heterocycles. The fourth-order valence-corrected chi connectivity index (χ4v) is 5.94. The SMILES string of the molecule is CCC(CN)C[n+]1cc2cc(OC[C@H](O/N=C(\C(=O)C[C@@H]3C(=O)N(OS(=O)(=O)O)C3(C)C)c3csc(N)n3)C(=O)O)ccc2n1C. The monoisotopic (exact) mass is 682 g/mol. The van der Waals surface area contributed by atoms with Gasteiger partial charge >= 0.3 is 16.4 Å². The number of fused-ring (bicyclic) bond motifs is 1. The molecule has 1 unspecified atom stereocenters. The maximum Gasteiger partial charge on any atom is 0.418 e. The Balaban J connectivity index is 1.49. The van der Waals surface area contributed by atoms with Crippen LogP contribution in [0.4, 0.5) is 5.13 Å². The van der Waals surface area contributed by atoms with Crippen molar-refractivity contribution in [3.05, 3.63) is 35.5 Å². The molecule has 0 saturated carbocycles. The third-order valence-corrected chi connectivity index (χ3v) is 8.80. The van der Waals surface area contributed by atoms with Crippen LogP contribution < -0.4 is 20.9 Å². The van der Waals surface area contributed by atoms with Gasteiger partial charge in [0.2, 0.25) is 6.20 Å². The standard InChI is InChI=1S/C27H35N7O10S2/c1-5-15(10-28)11-33-12-16-8-17(6-7-20(16)32(33)4)42-13-22(25(37)38)43-31-23(19-14-45-26(29)30-19)21(35)9-18-24(36)34(27(18,2)3)44-46(39,40)41/h6-8,12,14-15,18,22H,5,9-11,13,28H2,1-4H3,(H3-,29,30,37,38,39,40,41)/p+1/b31-23-/t15?,18-,22+/m1/s1. The largest absolute Gasteiger partial charge is 0.489 e. The number of β-lactam (4-membered cyclic amide) rings is 1. The second-order valence-electron chi connectivity index (χ2n) is 11.2. The minimum atomic E-state index is -4.99. The third kappa shape index (κ3) is 7.61. The van der Waals surface area contributed by atoms with Crippen molar-refractivity contribution in [1.29, 1.82) is 0 Å². The Hall–Kier alpha value is -4.17. The molecule has 3 aromatic rings. The molecule has 1 aromatic carbocycles. The molecule has 1 aliphatic heterocycles. The Morgan fingerprint density at radius 1 is 1.30 bits per heavy atom. The summed E-state index contributed by atoms with van der Waals surface area (Å²) in [4.78, 5) is 47.2. The van der Waals surface area contributed by atoms with E-state index in [9.17, 15) is 27.9 Å². The van der Waals surface area contributed by atoms with E-state index in [1.165, 1.54) is 19.2 Å². The average Bonchev–Trinajstić information content (AvgIpc) is 3.55. The number of anilines is 1. The number of benzene rings is 1. The summed E-state index contributed by atoms with van der Waals surface area (Å²) in [6.07, 6.45) is 0.746. The van der Waals surface area contributed by atoms with Crippen molar-refractivity contribution in [3.63, 3.8) is 0 Å². The molecule has 0 aliphatic carbocycles. The molecule has 2 aromatic heterocycles. The Morgan fingerprint density at radius 2 is 2.02 bits per heavy atom. The van der Waals surface area contributed by atoms with Crippen molar-refractivity contribution >= 4 is 61.1 Å². The van der Waals surface area contributed by atoms with Crippen molar-refractivity contribution in [3.8, 4) is 5.75 Å². The number of carbonyl (C=O) groups excluding carboxylic acids is 2. The van der Waals surface area contributed by atoms with Crippen molar-refractivity contribution in [2.24, 2.45) is 29.8 Å². The number of thiazole rings is 1. The number of aromatic nitrogens is 3. The van der Waals surface area contributed by atoms with Crippen LogP contribution in [0.2, 0.25) is 0 Å². The lowest BCUT2D eigenvalue weighted by Gasteiger charge is -2.50. The van der Waals surface area contributed by atoms with Crippen LogP contribution in [0.25, 0.3) is 10.9 Å². The van der Waals surface area contributed by atoms with Gasteiger partial charge in [-0.15, -0.1) is 20.3 Å². The lowest BCUT2D eigenvalue weighted by Crippen LogP contribution is -2.68. The molecular weight excluding hydrogens is 646 g/mol. The Bertz CT molecular complexity index is 1760. The van der Waals surface area contributed by atoms with Crippen molar-refractivity contribution < 1.29 is 51.0 Å². The molecule has 6 N–H and O–H groups in total. The first kappa shape index (κ1) is 34.7. The lowest BCUT2D eigenvalue weighted by molar-refractivity contribution is -0.775. The number of nitrogens with zero attached hydrogens (tertiary/aromatic N) is 5. The number of nitrogens with two attached hydrogens (primary N) is 2. The van der Waals surface area contributed by atoms with Gasteiger partial charge in [-0.1, -0.05) is 12.1 Å². The van der Waals surface area contributed by atoms with Gasteiger partial charge in [0.15, 0.2) is 23.2 Å². The van der Waals surface area contributed by atoms with E-state index in [1.807, 2.05) is 24.0 Å². The summed E-state index contributed by atoms with van der Waals surface area (Å²) in [5, 5.41) is 16.4. The number of aryl methyl sites for hydroxylation is 1. The summed E-state index contributed by atoms with van der Waals surface area (Å²) in [6, 6.07) is 5.29. The fourth-order valence-electron chi connectivity index (χ4n) is 4.94. The first-order valence-electron chi connectivity index (χ1n) is 14.1. The van der Waals surface area contributed by atoms with E-state index in [1.54, 1.807) is 12.1 Å². The number of carbonyl (C=O) groups is 3. The van der Waals surface area contributed by atoms with Gasteiger partial charge in [-0.05, 0) is 38.5 Å². The Labute approximate surface area is 268 Å². The Morgan fingerprint density at radius 3 is 2.59 bits per heavy atom. The predicted octanol–water partition coefficient (Wildman–Crippen LogP) is 0.673. The van der Waals surface area contributed by atoms with E-state index in [2.05, 4.69) is 26.0 Å². The zero-order valence-corrected chi connectivity index (χ0v) is 27.2. The van der Waals surface area contributed by atoms with E-state index in [-0.39, 0.29) is 10.8 Å². The van der Waals surface area contributed by atoms with Crippen LogP contribution in [0.1, 0.15) is 39.3 Å². The molecule has 3 atom stereocenters. The number of hydrogen-bond acceptors (Lipinski definition) is 13. The van der Waals surface area contributed by atoms with Gasteiger partial charge < -0.3 is 26.1 Å². The minimum absolute atomic E-state index is 0.0176.